The van der Waals surface area contributed by atoms with Crippen molar-refractivity contribution in [2.24, 2.45) is 0 Å². The van der Waals surface area contributed by atoms with Gasteiger partial charge in [0.15, 0.2) is 0 Å². The minimum absolute atomic E-state index is 0.885. The van der Waals surface area contributed by atoms with Crippen LogP contribution in [0.3, 0.4) is 0 Å². The fourth-order valence-electron chi connectivity index (χ4n) is 6.56. The third kappa shape index (κ3) is 4.30. The van der Waals surface area contributed by atoms with Gasteiger partial charge in [0.2, 0.25) is 0 Å². The smallest absolute Gasteiger partial charge is 0.138 e. The Morgan fingerprint density at radius 2 is 1.13 bits per heavy atom. The summed E-state index contributed by atoms with van der Waals surface area (Å²) in [5.41, 5.74) is 10.7. The van der Waals surface area contributed by atoms with Gasteiger partial charge in [-0.05, 0) is 70.8 Å². The Balaban J connectivity index is 1.27. The molecule has 3 nitrogen and oxygen atoms in total. The Morgan fingerprint density at radius 3 is 2.00 bits per heavy atom. The van der Waals surface area contributed by atoms with Crippen molar-refractivity contribution >= 4 is 59.2 Å². The lowest BCUT2D eigenvalue weighted by molar-refractivity contribution is 0.669. The highest BCUT2D eigenvalue weighted by molar-refractivity contribution is 6.32. The van der Waals surface area contributed by atoms with E-state index in [4.69, 9.17) is 9.40 Å². The van der Waals surface area contributed by atoms with Gasteiger partial charge in [-0.3, -0.25) is 4.57 Å². The summed E-state index contributed by atoms with van der Waals surface area (Å²) in [6.07, 6.45) is 0. The zero-order valence-electron chi connectivity index (χ0n) is 24.2. The lowest BCUT2D eigenvalue weighted by atomic mass is 10.0. The predicted molar refractivity (Wildman–Crippen MR) is 188 cm³/mol. The maximum absolute atomic E-state index is 6.10. The Hall–Kier alpha value is -5.71. The zero-order chi connectivity index (χ0) is 29.9. The van der Waals surface area contributed by atoms with Crippen molar-refractivity contribution in [3.05, 3.63) is 152 Å². The van der Waals surface area contributed by atoms with Crippen LogP contribution in [0.25, 0.3) is 83.1 Å². The molecule has 0 aliphatic carbocycles. The van der Waals surface area contributed by atoms with Crippen molar-refractivity contribution in [1.29, 1.82) is 0 Å². The minimum Gasteiger partial charge on any atom is -0.456 e. The molecule has 0 saturated carbocycles. The average Bonchev–Trinajstić information content (AvgIpc) is 3.63. The number of pyridine rings is 1. The standard InChI is InChI=1S/C41H25N2OSi/c45-31-12-8-11-29(21-31)36-24-30(26-9-2-1-3-10-26)25-41(42-36)43-37-15-6-4-13-32(37)34-22-27(17-19-38(34)43)28-18-20-40-35(23-28)33-14-5-7-16-39(33)44-40/h1-25H. The second-order valence-corrected chi connectivity index (χ2v) is 12.0. The molecule has 0 unspecified atom stereocenters. The van der Waals surface area contributed by atoms with Crippen LogP contribution < -0.4 is 5.19 Å². The van der Waals surface area contributed by atoms with Crippen molar-refractivity contribution in [2.75, 3.05) is 0 Å². The first-order chi connectivity index (χ1) is 22.2. The van der Waals surface area contributed by atoms with Gasteiger partial charge in [-0.15, -0.1) is 0 Å². The predicted octanol–water partition coefficient (Wildman–Crippen LogP) is 9.87. The third-order valence-electron chi connectivity index (χ3n) is 8.69. The fourth-order valence-corrected chi connectivity index (χ4v) is 6.81. The number of nitrogens with zero attached hydrogens (tertiary/aromatic N) is 2. The van der Waals surface area contributed by atoms with Crippen molar-refractivity contribution in [3.63, 3.8) is 0 Å². The van der Waals surface area contributed by atoms with Gasteiger partial charge in [-0.1, -0.05) is 108 Å². The van der Waals surface area contributed by atoms with Crippen LogP contribution in [0.4, 0.5) is 0 Å². The number of benzene rings is 6. The van der Waals surface area contributed by atoms with E-state index in [1.165, 1.54) is 10.8 Å². The number of para-hydroxylation sites is 2. The van der Waals surface area contributed by atoms with Gasteiger partial charge < -0.3 is 4.42 Å². The van der Waals surface area contributed by atoms with Crippen LogP contribution in [0.15, 0.2) is 156 Å². The third-order valence-corrected chi connectivity index (χ3v) is 9.00. The molecule has 6 aromatic carbocycles. The molecule has 0 saturated heterocycles. The number of hydrogen-bond donors (Lipinski definition) is 0. The van der Waals surface area contributed by atoms with Crippen molar-refractivity contribution in [1.82, 2.24) is 9.55 Å². The Labute approximate surface area is 263 Å². The molecule has 45 heavy (non-hydrogen) atoms. The fraction of sp³-hybridized carbons (Fsp3) is 0. The number of hydrogen-bond acceptors (Lipinski definition) is 2. The van der Waals surface area contributed by atoms with Gasteiger partial charge >= 0.3 is 0 Å². The van der Waals surface area contributed by atoms with Crippen molar-refractivity contribution < 1.29 is 4.42 Å². The number of rotatable bonds is 4. The van der Waals surface area contributed by atoms with Crippen LogP contribution in [0, 0.1) is 0 Å². The van der Waals surface area contributed by atoms with Crippen molar-refractivity contribution in [3.8, 4) is 39.3 Å². The number of furan rings is 1. The highest BCUT2D eigenvalue weighted by Crippen LogP contribution is 2.38. The first kappa shape index (κ1) is 25.8. The molecule has 9 aromatic rings. The Morgan fingerprint density at radius 1 is 0.444 bits per heavy atom. The number of aromatic nitrogens is 2. The van der Waals surface area contributed by atoms with Crippen molar-refractivity contribution in [2.45, 2.75) is 0 Å². The summed E-state index contributed by atoms with van der Waals surface area (Å²) in [6, 6.07) is 53.3. The lowest BCUT2D eigenvalue weighted by Gasteiger charge is -2.13. The van der Waals surface area contributed by atoms with E-state index in [1.54, 1.807) is 0 Å². The highest BCUT2D eigenvalue weighted by atomic mass is 28.1. The molecule has 209 valence electrons. The summed E-state index contributed by atoms with van der Waals surface area (Å²) in [6.45, 7) is 0. The largest absolute Gasteiger partial charge is 0.456 e. The first-order valence-electron chi connectivity index (χ1n) is 15.0. The van der Waals surface area contributed by atoms with E-state index < -0.39 is 0 Å². The number of fused-ring (bicyclic) bond motifs is 6. The van der Waals surface area contributed by atoms with Crippen LogP contribution in [-0.2, 0) is 0 Å². The molecule has 0 spiro atoms. The van der Waals surface area contributed by atoms with E-state index in [0.29, 0.717) is 0 Å². The normalized spacial score (nSPS) is 11.7. The van der Waals surface area contributed by atoms with E-state index in [2.05, 4.69) is 148 Å². The zero-order valence-corrected chi connectivity index (χ0v) is 25.2. The SMILES string of the molecule is [Si]c1cccc(-c2cc(-c3ccccc3)cc(-n3c4ccccc4c4cc(-c5ccc6oc7ccccc7c6c5)ccc43)n2)c1. The van der Waals surface area contributed by atoms with Crippen LogP contribution in [0.1, 0.15) is 0 Å². The highest BCUT2D eigenvalue weighted by Gasteiger charge is 2.17. The molecule has 0 atom stereocenters. The van der Waals surface area contributed by atoms with Crippen LogP contribution in [-0.4, -0.2) is 19.8 Å². The quantitative estimate of drug-likeness (QED) is 0.191. The molecule has 0 fully saturated rings. The maximum Gasteiger partial charge on any atom is 0.138 e. The molecular weight excluding hydrogens is 565 g/mol. The summed E-state index contributed by atoms with van der Waals surface area (Å²) in [7, 11) is 3.71. The van der Waals surface area contributed by atoms with Crippen LogP contribution >= 0.6 is 0 Å². The Bertz CT molecular complexity index is 2560. The van der Waals surface area contributed by atoms with E-state index >= 15 is 0 Å². The van der Waals surface area contributed by atoms with E-state index in [9.17, 15) is 0 Å². The molecule has 3 radical (unpaired) electrons. The molecule has 0 amide bonds. The second-order valence-electron chi connectivity index (χ2n) is 11.4. The molecule has 0 bridgehead atoms. The average molecular weight is 590 g/mol. The molecule has 9 rings (SSSR count). The first-order valence-corrected chi connectivity index (χ1v) is 15.5. The lowest BCUT2D eigenvalue weighted by Crippen LogP contribution is -2.03. The molecule has 3 aromatic heterocycles. The van der Waals surface area contributed by atoms with E-state index in [1.807, 2.05) is 18.2 Å². The van der Waals surface area contributed by atoms with E-state index in [0.717, 1.165) is 77.5 Å². The van der Waals surface area contributed by atoms with Crippen LogP contribution in [0.2, 0.25) is 0 Å². The van der Waals surface area contributed by atoms with Gasteiger partial charge in [0, 0.05) is 27.1 Å². The molecule has 3 heterocycles. The molecule has 4 heteroatoms. The molecule has 0 N–H and O–H groups in total. The van der Waals surface area contributed by atoms with Gasteiger partial charge in [0.1, 0.15) is 17.0 Å². The topological polar surface area (TPSA) is 31.0 Å². The summed E-state index contributed by atoms with van der Waals surface area (Å²) in [5, 5.41) is 5.67. The summed E-state index contributed by atoms with van der Waals surface area (Å²) in [5.74, 6) is 0.885. The van der Waals surface area contributed by atoms with Gasteiger partial charge in [0.05, 0.1) is 27.0 Å². The minimum atomic E-state index is 0.885. The van der Waals surface area contributed by atoms with Gasteiger partial charge in [-0.2, -0.15) is 0 Å². The van der Waals surface area contributed by atoms with Gasteiger partial charge in [-0.25, -0.2) is 4.98 Å². The monoisotopic (exact) mass is 589 g/mol. The summed E-state index contributed by atoms with van der Waals surface area (Å²) < 4.78 is 8.40. The van der Waals surface area contributed by atoms with Crippen LogP contribution in [0.5, 0.6) is 0 Å². The molecular formula is C41H25N2OSi. The Kier molecular flexibility index (Phi) is 5.83. The second kappa shape index (κ2) is 10.2. The van der Waals surface area contributed by atoms with E-state index in [-0.39, 0.29) is 0 Å². The summed E-state index contributed by atoms with van der Waals surface area (Å²) in [4.78, 5) is 5.28. The molecule has 0 aliphatic rings. The summed E-state index contributed by atoms with van der Waals surface area (Å²) >= 11 is 0. The molecule has 0 aliphatic heterocycles. The van der Waals surface area contributed by atoms with Gasteiger partial charge in [0.25, 0.3) is 0 Å². The maximum atomic E-state index is 6.10.